The highest BCUT2D eigenvalue weighted by atomic mass is 35.5. The van der Waals surface area contributed by atoms with Crippen LogP contribution in [0.1, 0.15) is 45.3 Å². The van der Waals surface area contributed by atoms with Crippen LogP contribution in [0.4, 0.5) is 4.79 Å². The van der Waals surface area contributed by atoms with Crippen LogP contribution in [0.25, 0.3) is 16.8 Å². The van der Waals surface area contributed by atoms with Crippen molar-refractivity contribution in [1.29, 1.82) is 0 Å². The Morgan fingerprint density at radius 3 is 2.66 bits per heavy atom. The van der Waals surface area contributed by atoms with Crippen molar-refractivity contribution in [1.82, 2.24) is 24.1 Å². The van der Waals surface area contributed by atoms with Gasteiger partial charge in [0.15, 0.2) is 0 Å². The number of hydrogen-bond acceptors (Lipinski definition) is 4. The fourth-order valence-corrected chi connectivity index (χ4v) is 4.09. The molecule has 154 valence electrons. The highest BCUT2D eigenvalue weighted by Crippen LogP contribution is 2.31. The van der Waals surface area contributed by atoms with E-state index in [1.54, 1.807) is 11.1 Å². The first kappa shape index (κ1) is 19.8. The van der Waals surface area contributed by atoms with Crippen LogP contribution in [0.5, 0.6) is 0 Å². The van der Waals surface area contributed by atoms with Crippen LogP contribution in [-0.2, 0) is 4.74 Å². The second kappa shape index (κ2) is 7.37. The van der Waals surface area contributed by atoms with E-state index in [1.807, 2.05) is 49.7 Å². The van der Waals surface area contributed by atoms with E-state index in [4.69, 9.17) is 16.3 Å². The highest BCUT2D eigenvalue weighted by Gasteiger charge is 2.28. The molecule has 3 aromatic heterocycles. The van der Waals surface area contributed by atoms with E-state index in [-0.39, 0.29) is 12.1 Å². The van der Waals surface area contributed by atoms with Gasteiger partial charge in [-0.25, -0.2) is 9.78 Å². The molecule has 0 radical (unpaired) electrons. The molecule has 0 aliphatic carbocycles. The van der Waals surface area contributed by atoms with Gasteiger partial charge in [-0.2, -0.15) is 5.10 Å². The molecule has 7 nitrogen and oxygen atoms in total. The molecule has 8 heteroatoms. The first-order chi connectivity index (χ1) is 13.7. The number of amides is 1. The first-order valence-corrected chi connectivity index (χ1v) is 10.3. The summed E-state index contributed by atoms with van der Waals surface area (Å²) in [6, 6.07) is 4.22. The van der Waals surface area contributed by atoms with Crippen LogP contribution in [0.15, 0.2) is 30.7 Å². The van der Waals surface area contributed by atoms with Crippen molar-refractivity contribution in [3.05, 3.63) is 41.6 Å². The maximum Gasteiger partial charge on any atom is 0.410 e. The predicted molar refractivity (Wildman–Crippen MR) is 112 cm³/mol. The minimum atomic E-state index is -0.474. The number of hydrogen-bond donors (Lipinski definition) is 0. The van der Waals surface area contributed by atoms with Gasteiger partial charge in [0, 0.05) is 36.7 Å². The molecule has 1 saturated heterocycles. The summed E-state index contributed by atoms with van der Waals surface area (Å²) < 4.78 is 9.41. The number of pyridine rings is 1. The summed E-state index contributed by atoms with van der Waals surface area (Å²) in [4.78, 5) is 18.4. The maximum atomic E-state index is 12.3. The number of ether oxygens (including phenoxy) is 1. The number of halogens is 1. The van der Waals surface area contributed by atoms with Crippen LogP contribution in [0.3, 0.4) is 0 Å². The van der Waals surface area contributed by atoms with Crippen LogP contribution in [0, 0.1) is 6.92 Å². The summed E-state index contributed by atoms with van der Waals surface area (Å²) in [7, 11) is 0. The van der Waals surface area contributed by atoms with Gasteiger partial charge in [0.2, 0.25) is 0 Å². The van der Waals surface area contributed by atoms with E-state index in [9.17, 15) is 4.79 Å². The number of carbonyl (C=O) groups excluding carboxylic acids is 1. The molecule has 1 fully saturated rings. The Morgan fingerprint density at radius 2 is 1.97 bits per heavy atom. The van der Waals surface area contributed by atoms with Crippen LogP contribution in [0.2, 0.25) is 5.15 Å². The predicted octanol–water partition coefficient (Wildman–Crippen LogP) is 4.73. The lowest BCUT2D eigenvalue weighted by molar-refractivity contribution is 0.0184. The number of piperidine rings is 1. The molecule has 1 aliphatic rings. The van der Waals surface area contributed by atoms with Crippen LogP contribution < -0.4 is 0 Å². The summed E-state index contributed by atoms with van der Waals surface area (Å²) in [6.45, 7) is 9.07. The van der Waals surface area contributed by atoms with Gasteiger partial charge in [-0.15, -0.1) is 0 Å². The van der Waals surface area contributed by atoms with Gasteiger partial charge >= 0.3 is 6.09 Å². The van der Waals surface area contributed by atoms with Crippen LogP contribution >= 0.6 is 11.6 Å². The summed E-state index contributed by atoms with van der Waals surface area (Å²) >= 11 is 6.40. The van der Waals surface area contributed by atoms with Crippen LogP contribution in [-0.4, -0.2) is 48.8 Å². The molecule has 0 spiro atoms. The smallest absolute Gasteiger partial charge is 0.410 e. The fourth-order valence-electron chi connectivity index (χ4n) is 3.83. The van der Waals surface area contributed by atoms with Gasteiger partial charge < -0.3 is 9.64 Å². The molecule has 4 heterocycles. The number of nitrogens with zero attached hydrogens (tertiary/aromatic N) is 5. The van der Waals surface area contributed by atoms with Crippen molar-refractivity contribution in [3.63, 3.8) is 0 Å². The quantitative estimate of drug-likeness (QED) is 0.567. The lowest BCUT2D eigenvalue weighted by Crippen LogP contribution is -2.42. The van der Waals surface area contributed by atoms with E-state index in [2.05, 4.69) is 21.7 Å². The zero-order valence-corrected chi connectivity index (χ0v) is 18.0. The lowest BCUT2D eigenvalue weighted by atomic mass is 10.0. The van der Waals surface area contributed by atoms with E-state index < -0.39 is 5.60 Å². The monoisotopic (exact) mass is 415 g/mol. The summed E-state index contributed by atoms with van der Waals surface area (Å²) in [5.41, 5.74) is 3.48. The zero-order valence-electron chi connectivity index (χ0n) is 17.2. The Hall–Kier alpha value is -2.54. The largest absolute Gasteiger partial charge is 0.444 e. The Morgan fingerprint density at radius 1 is 1.24 bits per heavy atom. The van der Waals surface area contributed by atoms with Crippen molar-refractivity contribution in [2.75, 3.05) is 13.1 Å². The second-order valence-electron chi connectivity index (χ2n) is 8.51. The van der Waals surface area contributed by atoms with E-state index in [1.165, 1.54) is 0 Å². The molecule has 0 aromatic carbocycles. The number of rotatable bonds is 2. The molecule has 1 aliphatic heterocycles. The first-order valence-electron chi connectivity index (χ1n) is 9.88. The third kappa shape index (κ3) is 3.96. The number of fused-ring (bicyclic) bond motifs is 1. The van der Waals surface area contributed by atoms with Gasteiger partial charge in [-0.05, 0) is 58.2 Å². The molecular weight excluding hydrogens is 390 g/mol. The van der Waals surface area contributed by atoms with Gasteiger partial charge in [-0.1, -0.05) is 11.6 Å². The topological polar surface area (TPSA) is 64.7 Å². The molecule has 0 N–H and O–H groups in total. The standard InChI is InChI=1S/C21H26ClN5O2/c1-14-17(15-11-18(22)26-10-7-23-19(26)12-15)13-24-27(14)16-5-8-25(9-6-16)20(28)29-21(2,3)4/h7,10-13,16H,5-6,8-9H2,1-4H3. The Kier molecular flexibility index (Phi) is 5.02. The molecule has 3 aromatic rings. The average Bonchev–Trinajstić information content (AvgIpc) is 3.27. The third-order valence-corrected chi connectivity index (χ3v) is 5.57. The normalized spacial score (nSPS) is 15.8. The second-order valence-corrected chi connectivity index (χ2v) is 8.90. The number of aromatic nitrogens is 4. The SMILES string of the molecule is Cc1c(-c2cc(Cl)n3ccnc3c2)cnn1C1CCN(C(=O)OC(C)(C)C)CC1. The molecule has 0 saturated carbocycles. The van der Waals surface area contributed by atoms with Crippen molar-refractivity contribution in [2.24, 2.45) is 0 Å². The van der Waals surface area contributed by atoms with Gasteiger partial charge in [0.05, 0.1) is 12.2 Å². The number of imidazole rings is 1. The number of likely N-dealkylation sites (tertiary alicyclic amines) is 1. The molecule has 0 bridgehead atoms. The van der Waals surface area contributed by atoms with Crippen molar-refractivity contribution in [3.8, 4) is 11.1 Å². The maximum absolute atomic E-state index is 12.3. The van der Waals surface area contributed by atoms with Gasteiger partial charge in [0.25, 0.3) is 0 Å². The minimum absolute atomic E-state index is 0.239. The highest BCUT2D eigenvalue weighted by molar-refractivity contribution is 6.30. The Bertz CT molecular complexity index is 1040. The van der Waals surface area contributed by atoms with Crippen molar-refractivity contribution >= 4 is 23.3 Å². The van der Waals surface area contributed by atoms with Gasteiger partial charge in [-0.3, -0.25) is 9.08 Å². The van der Waals surface area contributed by atoms with E-state index in [0.717, 1.165) is 35.3 Å². The molecule has 4 rings (SSSR count). The minimum Gasteiger partial charge on any atom is -0.444 e. The zero-order chi connectivity index (χ0) is 20.8. The van der Waals surface area contributed by atoms with E-state index in [0.29, 0.717) is 18.2 Å². The summed E-state index contributed by atoms with van der Waals surface area (Å²) in [6.07, 6.45) is 6.93. The molecule has 0 unspecified atom stereocenters. The lowest BCUT2D eigenvalue weighted by Gasteiger charge is -2.33. The third-order valence-electron chi connectivity index (χ3n) is 5.28. The fraction of sp³-hybridized carbons (Fsp3) is 0.476. The van der Waals surface area contributed by atoms with E-state index >= 15 is 0 Å². The average molecular weight is 416 g/mol. The summed E-state index contributed by atoms with van der Waals surface area (Å²) in [5.74, 6) is 0. The van der Waals surface area contributed by atoms with Crippen molar-refractivity contribution < 1.29 is 9.53 Å². The Labute approximate surface area is 175 Å². The number of carbonyl (C=O) groups is 1. The Balaban J connectivity index is 1.50. The summed E-state index contributed by atoms with van der Waals surface area (Å²) in [5, 5.41) is 5.27. The molecular formula is C21H26ClN5O2. The molecule has 0 atom stereocenters. The van der Waals surface area contributed by atoms with Crippen molar-refractivity contribution in [2.45, 2.75) is 52.2 Å². The molecule has 1 amide bonds. The van der Waals surface area contributed by atoms with Gasteiger partial charge in [0.1, 0.15) is 16.4 Å². The molecule has 29 heavy (non-hydrogen) atoms.